The zero-order valence-corrected chi connectivity index (χ0v) is 14.0. The Balaban J connectivity index is 2.46. The second kappa shape index (κ2) is 8.51. The van der Waals surface area contributed by atoms with E-state index in [1.165, 1.54) is 0 Å². The summed E-state index contributed by atoms with van der Waals surface area (Å²) in [6.07, 6.45) is -0.299. The van der Waals surface area contributed by atoms with E-state index in [2.05, 4.69) is 23.3 Å². The second-order valence-electron chi connectivity index (χ2n) is 6.29. The number of aliphatic hydroxyl groups is 1. The van der Waals surface area contributed by atoms with Crippen LogP contribution in [0.1, 0.15) is 27.7 Å². The number of nitrogens with zero attached hydrogens (tertiary/aromatic N) is 3. The van der Waals surface area contributed by atoms with Crippen LogP contribution >= 0.6 is 0 Å². The second-order valence-corrected chi connectivity index (χ2v) is 6.29. The Hall–Kier alpha value is -0.910. The predicted molar refractivity (Wildman–Crippen MR) is 86.2 cm³/mol. The number of carbonyl (C=O) groups is 1. The minimum absolute atomic E-state index is 0.177. The standard InChI is InChI=1S/C16H31N3O2/c1-6-18(9-13(2)3)16(21)12-17-7-8-19(11-15(5)20)14(4)10-17/h14-15,20H,2,6-12H2,1,3-5H3/t14-,15-/m0/s1. The average Bonchev–Trinajstić information content (AvgIpc) is 2.38. The minimum Gasteiger partial charge on any atom is -0.392 e. The largest absolute Gasteiger partial charge is 0.392 e. The molecule has 1 aliphatic rings. The van der Waals surface area contributed by atoms with Crippen LogP contribution in [0.4, 0.5) is 0 Å². The third-order valence-corrected chi connectivity index (χ3v) is 3.90. The number of rotatable bonds is 7. The normalized spacial score (nSPS) is 22.0. The highest BCUT2D eigenvalue weighted by Gasteiger charge is 2.26. The first-order valence-corrected chi connectivity index (χ1v) is 7.90. The van der Waals surface area contributed by atoms with Crippen molar-refractivity contribution in [2.45, 2.75) is 39.8 Å². The maximum atomic E-state index is 12.3. The van der Waals surface area contributed by atoms with Gasteiger partial charge in [-0.2, -0.15) is 0 Å². The van der Waals surface area contributed by atoms with Gasteiger partial charge in [-0.05, 0) is 27.7 Å². The molecule has 1 fully saturated rings. The summed E-state index contributed by atoms with van der Waals surface area (Å²) in [5.41, 5.74) is 1.01. The summed E-state index contributed by atoms with van der Waals surface area (Å²) in [6, 6.07) is 0.373. The topological polar surface area (TPSA) is 47.0 Å². The average molecular weight is 297 g/mol. The molecule has 1 saturated heterocycles. The van der Waals surface area contributed by atoms with Crippen LogP contribution in [0.25, 0.3) is 0 Å². The number of hydrogen-bond donors (Lipinski definition) is 1. The van der Waals surface area contributed by atoms with Crippen molar-refractivity contribution in [1.29, 1.82) is 0 Å². The van der Waals surface area contributed by atoms with Crippen molar-refractivity contribution in [2.24, 2.45) is 0 Å². The van der Waals surface area contributed by atoms with Gasteiger partial charge in [0.05, 0.1) is 12.6 Å². The Morgan fingerprint density at radius 2 is 2.14 bits per heavy atom. The molecule has 0 aromatic rings. The van der Waals surface area contributed by atoms with Gasteiger partial charge in [0, 0.05) is 45.3 Å². The molecular weight excluding hydrogens is 266 g/mol. The van der Waals surface area contributed by atoms with Crippen LogP contribution < -0.4 is 0 Å². The molecule has 0 unspecified atom stereocenters. The van der Waals surface area contributed by atoms with E-state index in [4.69, 9.17) is 0 Å². The molecule has 1 N–H and O–H groups in total. The number of likely N-dealkylation sites (N-methyl/N-ethyl adjacent to an activating group) is 1. The summed E-state index contributed by atoms with van der Waals surface area (Å²) < 4.78 is 0. The van der Waals surface area contributed by atoms with E-state index in [1.807, 2.05) is 25.7 Å². The summed E-state index contributed by atoms with van der Waals surface area (Å²) in [5, 5.41) is 9.50. The van der Waals surface area contributed by atoms with Gasteiger partial charge in [0.25, 0.3) is 0 Å². The van der Waals surface area contributed by atoms with Gasteiger partial charge in [-0.15, -0.1) is 0 Å². The fourth-order valence-corrected chi connectivity index (χ4v) is 2.82. The van der Waals surface area contributed by atoms with E-state index < -0.39 is 0 Å². The van der Waals surface area contributed by atoms with Crippen LogP contribution in [-0.2, 0) is 4.79 Å². The van der Waals surface area contributed by atoms with Crippen LogP contribution in [0.5, 0.6) is 0 Å². The van der Waals surface area contributed by atoms with Crippen molar-refractivity contribution in [3.63, 3.8) is 0 Å². The van der Waals surface area contributed by atoms with Gasteiger partial charge in [0.2, 0.25) is 5.91 Å². The van der Waals surface area contributed by atoms with Gasteiger partial charge < -0.3 is 10.0 Å². The van der Waals surface area contributed by atoms with Gasteiger partial charge in [-0.1, -0.05) is 12.2 Å². The van der Waals surface area contributed by atoms with Crippen molar-refractivity contribution < 1.29 is 9.90 Å². The molecule has 0 radical (unpaired) electrons. The third kappa shape index (κ3) is 6.16. The zero-order valence-electron chi connectivity index (χ0n) is 14.0. The minimum atomic E-state index is -0.299. The van der Waals surface area contributed by atoms with Crippen LogP contribution in [-0.4, -0.2) is 83.7 Å². The highest BCUT2D eigenvalue weighted by molar-refractivity contribution is 5.78. The van der Waals surface area contributed by atoms with E-state index in [9.17, 15) is 9.90 Å². The molecule has 21 heavy (non-hydrogen) atoms. The quantitative estimate of drug-likeness (QED) is 0.706. The van der Waals surface area contributed by atoms with Gasteiger partial charge in [-0.25, -0.2) is 0 Å². The monoisotopic (exact) mass is 297 g/mol. The van der Waals surface area contributed by atoms with E-state index in [0.29, 0.717) is 25.7 Å². The fourth-order valence-electron chi connectivity index (χ4n) is 2.82. The summed E-state index contributed by atoms with van der Waals surface area (Å²) in [5.74, 6) is 0.177. The van der Waals surface area contributed by atoms with Crippen LogP contribution in [0.2, 0.25) is 0 Å². The number of piperazine rings is 1. The predicted octanol–water partition coefficient (Wildman–Crippen LogP) is 0.798. The lowest BCUT2D eigenvalue weighted by atomic mass is 10.1. The van der Waals surface area contributed by atoms with Crippen molar-refractivity contribution in [3.8, 4) is 0 Å². The van der Waals surface area contributed by atoms with Crippen molar-refractivity contribution in [3.05, 3.63) is 12.2 Å². The fraction of sp³-hybridized carbons (Fsp3) is 0.812. The van der Waals surface area contributed by atoms with E-state index in [1.54, 1.807) is 0 Å². The summed E-state index contributed by atoms with van der Waals surface area (Å²) in [7, 11) is 0. The third-order valence-electron chi connectivity index (χ3n) is 3.90. The number of amides is 1. The molecule has 0 aromatic carbocycles. The highest BCUT2D eigenvalue weighted by Crippen LogP contribution is 2.10. The molecule has 0 aliphatic carbocycles. The first-order valence-electron chi connectivity index (χ1n) is 7.90. The number of carbonyl (C=O) groups excluding carboxylic acids is 1. The molecular formula is C16H31N3O2. The molecule has 5 nitrogen and oxygen atoms in total. The van der Waals surface area contributed by atoms with Gasteiger partial charge in [0.15, 0.2) is 0 Å². The van der Waals surface area contributed by atoms with Crippen LogP contribution in [0, 0.1) is 0 Å². The van der Waals surface area contributed by atoms with Gasteiger partial charge in [0.1, 0.15) is 0 Å². The Morgan fingerprint density at radius 3 is 2.62 bits per heavy atom. The molecule has 0 aromatic heterocycles. The smallest absolute Gasteiger partial charge is 0.237 e. The molecule has 122 valence electrons. The maximum absolute atomic E-state index is 12.3. The Bertz CT molecular complexity index is 357. The molecule has 1 rings (SSSR count). The van der Waals surface area contributed by atoms with E-state index in [0.717, 1.165) is 31.8 Å². The highest BCUT2D eigenvalue weighted by atomic mass is 16.3. The van der Waals surface area contributed by atoms with E-state index in [-0.39, 0.29) is 12.0 Å². The lowest BCUT2D eigenvalue weighted by Crippen LogP contribution is -2.55. The molecule has 0 spiro atoms. The molecule has 0 bridgehead atoms. The number of hydrogen-bond acceptors (Lipinski definition) is 4. The van der Waals surface area contributed by atoms with E-state index >= 15 is 0 Å². The van der Waals surface area contributed by atoms with Gasteiger partial charge >= 0.3 is 0 Å². The molecule has 5 heteroatoms. The molecule has 0 saturated carbocycles. The lowest BCUT2D eigenvalue weighted by Gasteiger charge is -2.40. The zero-order chi connectivity index (χ0) is 16.0. The summed E-state index contributed by atoms with van der Waals surface area (Å²) in [6.45, 7) is 17.0. The van der Waals surface area contributed by atoms with Crippen LogP contribution in [0.15, 0.2) is 12.2 Å². The lowest BCUT2D eigenvalue weighted by molar-refractivity contribution is -0.132. The van der Waals surface area contributed by atoms with Crippen LogP contribution in [0.3, 0.4) is 0 Å². The number of β-amino-alcohol motifs (C(OH)–C–C–N with tert-alkyl or cyclic N) is 1. The first-order chi connectivity index (χ1) is 9.83. The number of aliphatic hydroxyl groups excluding tert-OH is 1. The van der Waals surface area contributed by atoms with Crippen molar-refractivity contribution in [1.82, 2.24) is 14.7 Å². The molecule has 1 heterocycles. The van der Waals surface area contributed by atoms with Crippen molar-refractivity contribution in [2.75, 3.05) is 45.8 Å². The Labute approximate surface area is 129 Å². The first kappa shape index (κ1) is 18.1. The summed E-state index contributed by atoms with van der Waals surface area (Å²) >= 11 is 0. The molecule has 1 aliphatic heterocycles. The molecule has 2 atom stereocenters. The van der Waals surface area contributed by atoms with Crippen molar-refractivity contribution >= 4 is 5.91 Å². The SMILES string of the molecule is C=C(C)CN(CC)C(=O)CN1CCN(C[C@H](C)O)[C@@H](C)C1. The van der Waals surface area contributed by atoms with Gasteiger partial charge in [-0.3, -0.25) is 14.6 Å². The summed E-state index contributed by atoms with van der Waals surface area (Å²) in [4.78, 5) is 18.7. The molecule has 1 amide bonds. The Kier molecular flexibility index (Phi) is 7.35. The maximum Gasteiger partial charge on any atom is 0.237 e. The Morgan fingerprint density at radius 1 is 1.48 bits per heavy atom.